The normalized spacial score (nSPS) is 41.8. The first kappa shape index (κ1) is 23.2. The fourth-order valence-electron chi connectivity index (χ4n) is 8.08. The van der Waals surface area contributed by atoms with Crippen LogP contribution < -0.4 is 0 Å². The van der Waals surface area contributed by atoms with E-state index in [2.05, 4.69) is 32.9 Å². The molecule has 0 bridgehead atoms. The summed E-state index contributed by atoms with van der Waals surface area (Å²) in [6, 6.07) is 0. The zero-order valence-electron chi connectivity index (χ0n) is 20.6. The van der Waals surface area contributed by atoms with Crippen LogP contribution >= 0.6 is 0 Å². The Labute approximate surface area is 189 Å². The molecule has 1 unspecified atom stereocenters. The van der Waals surface area contributed by atoms with Gasteiger partial charge in [0.25, 0.3) is 0 Å². The lowest BCUT2D eigenvalue weighted by molar-refractivity contribution is -0.116. The van der Waals surface area contributed by atoms with Crippen molar-refractivity contribution >= 4 is 5.78 Å². The van der Waals surface area contributed by atoms with Gasteiger partial charge in [-0.05, 0) is 111 Å². The fraction of sp³-hybridized carbons (Fsp3) is 0.821. The Kier molecular flexibility index (Phi) is 6.10. The van der Waals surface area contributed by atoms with Gasteiger partial charge >= 0.3 is 0 Å². The maximum atomic E-state index is 12.0. The Morgan fingerprint density at radius 1 is 1.16 bits per heavy atom. The summed E-state index contributed by atoms with van der Waals surface area (Å²) in [6.45, 7) is 11.4. The molecule has 0 aromatic rings. The predicted octanol–water partition coefficient (Wildman–Crippen LogP) is 6.11. The number of aliphatic hydroxyl groups is 1. The van der Waals surface area contributed by atoms with E-state index in [4.69, 9.17) is 4.74 Å². The number of rotatable bonds is 6. The third kappa shape index (κ3) is 3.78. The van der Waals surface area contributed by atoms with Crippen LogP contribution in [0.3, 0.4) is 0 Å². The van der Waals surface area contributed by atoms with Gasteiger partial charge in [-0.25, -0.2) is 0 Å². The van der Waals surface area contributed by atoms with Gasteiger partial charge < -0.3 is 9.84 Å². The molecule has 0 heterocycles. The molecule has 0 saturated heterocycles. The molecule has 174 valence electrons. The number of hydrogen-bond donors (Lipinski definition) is 1. The first-order valence-electron chi connectivity index (χ1n) is 12.7. The van der Waals surface area contributed by atoms with Crippen LogP contribution in [0.4, 0.5) is 0 Å². The Morgan fingerprint density at radius 3 is 2.61 bits per heavy atom. The molecule has 1 N–H and O–H groups in total. The first-order valence-corrected chi connectivity index (χ1v) is 12.7. The van der Waals surface area contributed by atoms with Crippen LogP contribution in [-0.4, -0.2) is 29.7 Å². The Balaban J connectivity index is 1.49. The van der Waals surface area contributed by atoms with Crippen LogP contribution in [0, 0.1) is 40.4 Å². The van der Waals surface area contributed by atoms with E-state index in [9.17, 15) is 9.90 Å². The van der Waals surface area contributed by atoms with Crippen LogP contribution in [0.1, 0.15) is 86.0 Å². The standard InChI is InChI=1S/C28H44O3/c1-18(7-12-25(30)26(2,3)31-6)22-10-11-23-21-9-8-19-17-20(29)13-15-27(19,4)24(21)14-16-28(22,23)5/h8-9,17-18,21-25,30H,7,10-16H2,1-6H3/t18-,21+,22-,23+,24+,25?,27+,28-/m1/s1. The molecule has 31 heavy (non-hydrogen) atoms. The van der Waals surface area contributed by atoms with Crippen molar-refractivity contribution in [3.05, 3.63) is 23.8 Å². The molecule has 2 saturated carbocycles. The van der Waals surface area contributed by atoms with Gasteiger partial charge in [0, 0.05) is 13.5 Å². The summed E-state index contributed by atoms with van der Waals surface area (Å²) in [7, 11) is 1.69. The minimum Gasteiger partial charge on any atom is -0.390 e. The lowest BCUT2D eigenvalue weighted by Crippen LogP contribution is -2.49. The van der Waals surface area contributed by atoms with E-state index in [-0.39, 0.29) is 5.41 Å². The lowest BCUT2D eigenvalue weighted by Gasteiger charge is -2.56. The molecule has 0 spiro atoms. The van der Waals surface area contributed by atoms with Crippen molar-refractivity contribution in [2.24, 2.45) is 40.4 Å². The molecule has 0 radical (unpaired) electrons. The second-order valence-corrected chi connectivity index (χ2v) is 12.2. The summed E-state index contributed by atoms with van der Waals surface area (Å²) >= 11 is 0. The summed E-state index contributed by atoms with van der Waals surface area (Å²) in [5, 5.41) is 10.6. The molecular formula is C28H44O3. The number of aliphatic hydroxyl groups excluding tert-OH is 1. The molecule has 4 aliphatic carbocycles. The number of carbonyl (C=O) groups excluding carboxylic acids is 1. The van der Waals surface area contributed by atoms with E-state index in [1.165, 1.54) is 31.3 Å². The molecule has 4 rings (SSSR count). The van der Waals surface area contributed by atoms with Crippen LogP contribution in [0.25, 0.3) is 0 Å². The van der Waals surface area contributed by atoms with E-state index in [1.807, 2.05) is 19.9 Å². The van der Waals surface area contributed by atoms with Crippen molar-refractivity contribution in [1.29, 1.82) is 0 Å². The highest BCUT2D eigenvalue weighted by atomic mass is 16.5. The van der Waals surface area contributed by atoms with Gasteiger partial charge in [-0.1, -0.05) is 32.9 Å². The van der Waals surface area contributed by atoms with Crippen LogP contribution in [-0.2, 0) is 9.53 Å². The largest absolute Gasteiger partial charge is 0.390 e. The topological polar surface area (TPSA) is 46.5 Å². The molecule has 3 nitrogen and oxygen atoms in total. The number of fused-ring (bicyclic) bond motifs is 5. The minimum atomic E-state index is -0.477. The zero-order valence-corrected chi connectivity index (χ0v) is 20.6. The SMILES string of the molecule is COC(C)(C)C(O)CC[C@@H](C)[C@H]1CC[C@H]2[C@@H]3C=CC4=CC(=O)CC[C@]4(C)[C@H]3CC[C@]12C. The molecule has 0 aliphatic heterocycles. The van der Waals surface area contributed by atoms with Gasteiger partial charge in [-0.15, -0.1) is 0 Å². The van der Waals surface area contributed by atoms with Gasteiger partial charge in [0.2, 0.25) is 0 Å². The van der Waals surface area contributed by atoms with Crippen molar-refractivity contribution in [3.8, 4) is 0 Å². The Hall–Kier alpha value is -0.930. The molecular weight excluding hydrogens is 384 g/mol. The Bertz CT molecular complexity index is 764. The van der Waals surface area contributed by atoms with Crippen LogP contribution in [0.15, 0.2) is 23.8 Å². The maximum absolute atomic E-state index is 12.0. The van der Waals surface area contributed by atoms with Crippen molar-refractivity contribution in [2.75, 3.05) is 7.11 Å². The average Bonchev–Trinajstić information content (AvgIpc) is 3.09. The molecule has 3 heteroatoms. The molecule has 8 atom stereocenters. The van der Waals surface area contributed by atoms with E-state index >= 15 is 0 Å². The van der Waals surface area contributed by atoms with Gasteiger partial charge in [0.15, 0.2) is 5.78 Å². The predicted molar refractivity (Wildman–Crippen MR) is 126 cm³/mol. The van der Waals surface area contributed by atoms with Gasteiger partial charge in [-0.2, -0.15) is 0 Å². The van der Waals surface area contributed by atoms with E-state index < -0.39 is 11.7 Å². The van der Waals surface area contributed by atoms with E-state index in [0.29, 0.717) is 29.0 Å². The zero-order chi connectivity index (χ0) is 22.6. The summed E-state index contributed by atoms with van der Waals surface area (Å²) in [4.78, 5) is 12.0. The smallest absolute Gasteiger partial charge is 0.156 e. The Morgan fingerprint density at radius 2 is 1.90 bits per heavy atom. The monoisotopic (exact) mass is 428 g/mol. The number of allylic oxidation sites excluding steroid dienone is 4. The lowest BCUT2D eigenvalue weighted by atomic mass is 9.48. The fourth-order valence-corrected chi connectivity index (χ4v) is 8.08. The van der Waals surface area contributed by atoms with Crippen LogP contribution in [0.2, 0.25) is 0 Å². The third-order valence-corrected chi connectivity index (χ3v) is 10.5. The number of methoxy groups -OCH3 is 1. The van der Waals surface area contributed by atoms with Crippen LogP contribution in [0.5, 0.6) is 0 Å². The minimum absolute atomic E-state index is 0.189. The molecule has 0 aromatic heterocycles. The number of carbonyl (C=O) groups is 1. The summed E-state index contributed by atoms with van der Waals surface area (Å²) in [6.07, 6.45) is 15.2. The average molecular weight is 429 g/mol. The summed E-state index contributed by atoms with van der Waals surface area (Å²) in [5.41, 5.74) is 1.41. The molecule has 0 aromatic carbocycles. The molecule has 2 fully saturated rings. The molecule has 4 aliphatic rings. The van der Waals surface area contributed by atoms with Crippen molar-refractivity contribution in [2.45, 2.75) is 97.7 Å². The quantitative estimate of drug-likeness (QED) is 0.555. The number of ketones is 1. The van der Waals surface area contributed by atoms with E-state index in [1.54, 1.807) is 7.11 Å². The van der Waals surface area contributed by atoms with Gasteiger partial charge in [0.1, 0.15) is 0 Å². The summed E-state index contributed by atoms with van der Waals surface area (Å²) < 4.78 is 5.50. The van der Waals surface area contributed by atoms with Crippen molar-refractivity contribution < 1.29 is 14.6 Å². The van der Waals surface area contributed by atoms with Gasteiger partial charge in [0.05, 0.1) is 11.7 Å². The highest BCUT2D eigenvalue weighted by molar-refractivity contribution is 5.92. The van der Waals surface area contributed by atoms with E-state index in [0.717, 1.165) is 37.5 Å². The highest BCUT2D eigenvalue weighted by Gasteiger charge is 2.58. The molecule has 0 amide bonds. The summed E-state index contributed by atoms with van der Waals surface area (Å²) in [5.74, 6) is 3.77. The number of hydrogen-bond acceptors (Lipinski definition) is 3. The maximum Gasteiger partial charge on any atom is 0.156 e. The highest BCUT2D eigenvalue weighted by Crippen LogP contribution is 2.66. The number of ether oxygens (including phenoxy) is 1. The first-order chi connectivity index (χ1) is 14.5. The second-order valence-electron chi connectivity index (χ2n) is 12.2. The second kappa shape index (κ2) is 8.13. The third-order valence-electron chi connectivity index (χ3n) is 10.5. The van der Waals surface area contributed by atoms with Crippen molar-refractivity contribution in [3.63, 3.8) is 0 Å². The van der Waals surface area contributed by atoms with Crippen molar-refractivity contribution in [1.82, 2.24) is 0 Å². The van der Waals surface area contributed by atoms with Gasteiger partial charge in [-0.3, -0.25) is 4.79 Å².